The molecule has 2 aromatic carbocycles. The largest absolute Gasteiger partial charge is 0.323 e. The van der Waals surface area contributed by atoms with Crippen molar-refractivity contribution >= 4 is 17.7 Å². The predicted molar refractivity (Wildman–Crippen MR) is 103 cm³/mol. The lowest BCUT2D eigenvalue weighted by Crippen LogP contribution is -2.07. The fourth-order valence-electron chi connectivity index (χ4n) is 2.48. The number of benzene rings is 2. The number of hydrogen-bond acceptors (Lipinski definition) is 1. The van der Waals surface area contributed by atoms with Crippen LogP contribution in [0.4, 0.5) is 5.69 Å². The third kappa shape index (κ3) is 5.69. The zero-order chi connectivity index (χ0) is 17.4. The third-order valence-corrected chi connectivity index (χ3v) is 4.07. The number of hydrogen-bond donors (Lipinski definition) is 1. The zero-order valence-corrected chi connectivity index (χ0v) is 14.9. The topological polar surface area (TPSA) is 29.1 Å². The van der Waals surface area contributed by atoms with Crippen molar-refractivity contribution in [1.29, 1.82) is 0 Å². The van der Waals surface area contributed by atoms with Gasteiger partial charge in [-0.3, -0.25) is 4.79 Å². The van der Waals surface area contributed by atoms with Gasteiger partial charge in [-0.05, 0) is 53.7 Å². The summed E-state index contributed by atoms with van der Waals surface area (Å²) in [6, 6.07) is 16.4. The molecule has 0 bridgehead atoms. The summed E-state index contributed by atoms with van der Waals surface area (Å²) in [5.41, 5.74) is 4.49. The molecule has 0 atom stereocenters. The Morgan fingerprint density at radius 1 is 1.04 bits per heavy atom. The zero-order valence-electron chi connectivity index (χ0n) is 14.9. The van der Waals surface area contributed by atoms with Crippen LogP contribution in [0.5, 0.6) is 0 Å². The minimum Gasteiger partial charge on any atom is -0.323 e. The van der Waals surface area contributed by atoms with Gasteiger partial charge in [0.2, 0.25) is 5.91 Å². The molecule has 24 heavy (non-hydrogen) atoms. The van der Waals surface area contributed by atoms with Gasteiger partial charge in [0.1, 0.15) is 0 Å². The van der Waals surface area contributed by atoms with Crippen molar-refractivity contribution < 1.29 is 4.79 Å². The summed E-state index contributed by atoms with van der Waals surface area (Å²) in [5.74, 6) is 0.413. The lowest BCUT2D eigenvalue weighted by Gasteiger charge is -2.05. The van der Waals surface area contributed by atoms with Crippen LogP contribution >= 0.6 is 0 Å². The second-order valence-electron chi connectivity index (χ2n) is 6.44. The summed E-state index contributed by atoms with van der Waals surface area (Å²) in [4.78, 5) is 12.0. The first-order chi connectivity index (χ1) is 11.6. The van der Waals surface area contributed by atoms with Crippen molar-refractivity contribution in [2.45, 2.75) is 46.0 Å². The van der Waals surface area contributed by atoms with Gasteiger partial charge < -0.3 is 5.32 Å². The Labute approximate surface area is 145 Å². The molecule has 0 aliphatic carbocycles. The molecule has 2 nitrogen and oxygen atoms in total. The number of aryl methyl sites for hydroxylation is 1. The van der Waals surface area contributed by atoms with E-state index in [4.69, 9.17) is 0 Å². The van der Waals surface area contributed by atoms with Gasteiger partial charge in [0.25, 0.3) is 0 Å². The van der Waals surface area contributed by atoms with E-state index in [0.29, 0.717) is 5.92 Å². The second kappa shape index (κ2) is 9.07. The smallest absolute Gasteiger partial charge is 0.248 e. The van der Waals surface area contributed by atoms with E-state index in [2.05, 4.69) is 50.4 Å². The van der Waals surface area contributed by atoms with Gasteiger partial charge in [-0.15, -0.1) is 0 Å². The van der Waals surface area contributed by atoms with Crippen LogP contribution in [0.25, 0.3) is 6.08 Å². The molecule has 1 amide bonds. The van der Waals surface area contributed by atoms with Crippen molar-refractivity contribution in [3.63, 3.8) is 0 Å². The van der Waals surface area contributed by atoms with Crippen LogP contribution in [0.3, 0.4) is 0 Å². The molecular weight excluding hydrogens is 294 g/mol. The number of rotatable bonds is 7. The van der Waals surface area contributed by atoms with E-state index >= 15 is 0 Å². The molecule has 1 N–H and O–H groups in total. The maximum atomic E-state index is 12.0. The van der Waals surface area contributed by atoms with E-state index in [1.54, 1.807) is 6.08 Å². The first-order valence-electron chi connectivity index (χ1n) is 8.76. The SMILES string of the molecule is CCCCc1ccc(NC(=O)/C=C/c2ccc(C(C)C)cc2)cc1. The molecule has 0 saturated carbocycles. The Hall–Kier alpha value is -2.35. The minimum absolute atomic E-state index is 0.107. The van der Waals surface area contributed by atoms with Crippen molar-refractivity contribution in [3.8, 4) is 0 Å². The summed E-state index contributed by atoms with van der Waals surface area (Å²) in [7, 11) is 0. The van der Waals surface area contributed by atoms with Crippen LogP contribution in [0.2, 0.25) is 0 Å². The predicted octanol–water partition coefficient (Wildman–Crippen LogP) is 5.80. The van der Waals surface area contributed by atoms with Gasteiger partial charge >= 0.3 is 0 Å². The number of unbranched alkanes of at least 4 members (excludes halogenated alkanes) is 1. The van der Waals surface area contributed by atoms with E-state index in [0.717, 1.165) is 17.7 Å². The van der Waals surface area contributed by atoms with Crippen LogP contribution < -0.4 is 5.32 Å². The molecule has 0 aromatic heterocycles. The average molecular weight is 321 g/mol. The summed E-state index contributed by atoms with van der Waals surface area (Å²) in [5, 5.41) is 2.90. The first kappa shape index (κ1) is 18.0. The Morgan fingerprint density at radius 2 is 1.71 bits per heavy atom. The van der Waals surface area contributed by atoms with Gasteiger partial charge in [0, 0.05) is 11.8 Å². The highest BCUT2D eigenvalue weighted by Crippen LogP contribution is 2.15. The summed E-state index contributed by atoms with van der Waals surface area (Å²) < 4.78 is 0. The molecular formula is C22H27NO. The van der Waals surface area contributed by atoms with Crippen LogP contribution in [0, 0.1) is 0 Å². The normalized spacial score (nSPS) is 11.2. The number of carbonyl (C=O) groups excluding carboxylic acids is 1. The maximum Gasteiger partial charge on any atom is 0.248 e. The maximum absolute atomic E-state index is 12.0. The van der Waals surface area contributed by atoms with E-state index in [9.17, 15) is 4.79 Å². The lowest BCUT2D eigenvalue weighted by molar-refractivity contribution is -0.111. The van der Waals surface area contributed by atoms with Crippen molar-refractivity contribution in [2.75, 3.05) is 5.32 Å². The van der Waals surface area contributed by atoms with Gasteiger partial charge in [0.15, 0.2) is 0 Å². The molecule has 2 aromatic rings. The number of carbonyl (C=O) groups is 1. The van der Waals surface area contributed by atoms with E-state index < -0.39 is 0 Å². The molecule has 0 aliphatic heterocycles. The lowest BCUT2D eigenvalue weighted by atomic mass is 10.0. The van der Waals surface area contributed by atoms with Gasteiger partial charge in [-0.2, -0.15) is 0 Å². The number of nitrogens with one attached hydrogen (secondary N) is 1. The van der Waals surface area contributed by atoms with E-state index in [-0.39, 0.29) is 5.91 Å². The van der Waals surface area contributed by atoms with Crippen LogP contribution in [-0.2, 0) is 11.2 Å². The van der Waals surface area contributed by atoms with E-state index in [1.807, 2.05) is 30.3 Å². The van der Waals surface area contributed by atoms with Crippen molar-refractivity contribution in [1.82, 2.24) is 0 Å². The summed E-state index contributed by atoms with van der Waals surface area (Å²) >= 11 is 0. The molecule has 2 rings (SSSR count). The summed E-state index contributed by atoms with van der Waals surface area (Å²) in [6.45, 7) is 6.54. The monoisotopic (exact) mass is 321 g/mol. The van der Waals surface area contributed by atoms with Crippen LogP contribution in [0.15, 0.2) is 54.6 Å². The van der Waals surface area contributed by atoms with Crippen LogP contribution in [-0.4, -0.2) is 5.91 Å². The van der Waals surface area contributed by atoms with Gasteiger partial charge in [-0.1, -0.05) is 63.6 Å². The molecule has 0 fully saturated rings. The minimum atomic E-state index is -0.107. The fourth-order valence-corrected chi connectivity index (χ4v) is 2.48. The number of amides is 1. The molecule has 2 heteroatoms. The average Bonchev–Trinajstić information content (AvgIpc) is 2.59. The Morgan fingerprint density at radius 3 is 2.29 bits per heavy atom. The highest BCUT2D eigenvalue weighted by Gasteiger charge is 2.00. The second-order valence-corrected chi connectivity index (χ2v) is 6.44. The first-order valence-corrected chi connectivity index (χ1v) is 8.76. The fraction of sp³-hybridized carbons (Fsp3) is 0.318. The van der Waals surface area contributed by atoms with Crippen molar-refractivity contribution in [2.24, 2.45) is 0 Å². The number of anilines is 1. The van der Waals surface area contributed by atoms with Crippen molar-refractivity contribution in [3.05, 3.63) is 71.3 Å². The Balaban J connectivity index is 1.90. The molecule has 0 unspecified atom stereocenters. The molecule has 0 heterocycles. The molecule has 0 spiro atoms. The molecule has 0 saturated heterocycles. The highest BCUT2D eigenvalue weighted by atomic mass is 16.1. The third-order valence-electron chi connectivity index (χ3n) is 4.07. The van der Waals surface area contributed by atoms with E-state index in [1.165, 1.54) is 24.0 Å². The Kier molecular flexibility index (Phi) is 6.80. The highest BCUT2D eigenvalue weighted by molar-refractivity contribution is 6.01. The van der Waals surface area contributed by atoms with Crippen LogP contribution in [0.1, 0.15) is 56.2 Å². The quantitative estimate of drug-likeness (QED) is 0.641. The Bertz CT molecular complexity index is 666. The van der Waals surface area contributed by atoms with Gasteiger partial charge in [-0.25, -0.2) is 0 Å². The molecule has 126 valence electrons. The standard InChI is InChI=1S/C22H27NO/c1-4-5-6-18-9-14-21(15-10-18)23-22(24)16-11-19-7-12-20(13-8-19)17(2)3/h7-17H,4-6H2,1-3H3,(H,23,24)/b16-11+. The summed E-state index contributed by atoms with van der Waals surface area (Å²) in [6.07, 6.45) is 6.91. The molecule has 0 radical (unpaired) electrons. The van der Waals surface area contributed by atoms with Gasteiger partial charge in [0.05, 0.1) is 0 Å². The molecule has 0 aliphatic rings.